The highest BCUT2D eigenvalue weighted by Crippen LogP contribution is 2.36. The lowest BCUT2D eigenvalue weighted by Crippen LogP contribution is -2.54. The van der Waals surface area contributed by atoms with Crippen LogP contribution < -0.4 is 24.4 Å². The molecule has 4 aromatic rings. The lowest BCUT2D eigenvalue weighted by Gasteiger charge is -2.26. The first kappa shape index (κ1) is 31.3. The zero-order valence-corrected chi connectivity index (χ0v) is 27.7. The summed E-state index contributed by atoms with van der Waals surface area (Å²) in [6.45, 7) is 4.99. The summed E-state index contributed by atoms with van der Waals surface area (Å²) in [6.07, 6.45) is 1.45. The number of ether oxygens (including phenoxy) is 3. The summed E-state index contributed by atoms with van der Waals surface area (Å²) in [5.74, 6) is 0.0898. The standard InChI is InChI=1S/C34H28BrIN2O6/c1-3-42-30-18-24(17-29(36)31(30)44-20-22-6-4-21(2)5-7-22)16-28-32(39)37-34(41)38(33(28)40)26-12-14-27(15-13-26)43-19-23-8-10-25(35)11-9-23/h4-18H,3,19-20H2,1-2H3,(H,37,39,41)/b28-16+. The van der Waals surface area contributed by atoms with E-state index >= 15 is 0 Å². The second-order valence-corrected chi connectivity index (χ2v) is 12.0. The van der Waals surface area contributed by atoms with Gasteiger partial charge in [-0.15, -0.1) is 0 Å². The molecule has 0 radical (unpaired) electrons. The topological polar surface area (TPSA) is 94.2 Å². The molecule has 1 saturated heterocycles. The monoisotopic (exact) mass is 766 g/mol. The number of hydrogen-bond donors (Lipinski definition) is 1. The van der Waals surface area contributed by atoms with Crippen molar-refractivity contribution in [1.82, 2.24) is 5.32 Å². The van der Waals surface area contributed by atoms with E-state index in [1.807, 2.05) is 62.4 Å². The highest BCUT2D eigenvalue weighted by atomic mass is 127. The van der Waals surface area contributed by atoms with E-state index in [0.29, 0.717) is 48.3 Å². The molecule has 44 heavy (non-hydrogen) atoms. The quantitative estimate of drug-likeness (QED) is 0.102. The second-order valence-electron chi connectivity index (χ2n) is 9.90. The first-order valence-electron chi connectivity index (χ1n) is 13.7. The normalized spacial score (nSPS) is 14.0. The van der Waals surface area contributed by atoms with E-state index in [2.05, 4.69) is 43.8 Å². The summed E-state index contributed by atoms with van der Waals surface area (Å²) in [5, 5.41) is 2.27. The number of aryl methyl sites for hydroxylation is 1. The van der Waals surface area contributed by atoms with Crippen molar-refractivity contribution in [2.75, 3.05) is 11.5 Å². The highest BCUT2D eigenvalue weighted by molar-refractivity contribution is 14.1. The van der Waals surface area contributed by atoms with Gasteiger partial charge in [0.05, 0.1) is 15.9 Å². The van der Waals surface area contributed by atoms with Crippen LogP contribution in [0.15, 0.2) is 95.0 Å². The van der Waals surface area contributed by atoms with Gasteiger partial charge < -0.3 is 14.2 Å². The number of anilines is 1. The summed E-state index contributed by atoms with van der Waals surface area (Å²) in [7, 11) is 0. The maximum atomic E-state index is 13.5. The summed E-state index contributed by atoms with van der Waals surface area (Å²) in [4.78, 5) is 40.0. The molecule has 5 rings (SSSR count). The van der Waals surface area contributed by atoms with E-state index < -0.39 is 17.8 Å². The van der Waals surface area contributed by atoms with Crippen LogP contribution in [0.2, 0.25) is 0 Å². The third kappa shape index (κ3) is 7.48. The minimum atomic E-state index is -0.829. The average Bonchev–Trinajstić information content (AvgIpc) is 3.00. The van der Waals surface area contributed by atoms with Gasteiger partial charge in [-0.05, 0) is 108 Å². The Morgan fingerprint density at radius 3 is 2.14 bits per heavy atom. The van der Waals surface area contributed by atoms with Crippen molar-refractivity contribution in [3.63, 3.8) is 0 Å². The minimum Gasteiger partial charge on any atom is -0.490 e. The number of rotatable bonds is 10. The molecule has 1 aliphatic rings. The number of halogens is 2. The third-order valence-corrected chi connectivity index (χ3v) is 7.99. The fourth-order valence-corrected chi connectivity index (χ4v) is 5.46. The lowest BCUT2D eigenvalue weighted by atomic mass is 10.1. The Hall–Kier alpha value is -4.16. The Morgan fingerprint density at radius 1 is 0.841 bits per heavy atom. The first-order valence-corrected chi connectivity index (χ1v) is 15.6. The molecular formula is C34H28BrIN2O6. The fraction of sp³-hybridized carbons (Fsp3) is 0.147. The molecule has 4 amide bonds. The molecule has 0 spiro atoms. The van der Waals surface area contributed by atoms with Crippen LogP contribution >= 0.6 is 38.5 Å². The number of benzene rings is 4. The number of hydrogen-bond acceptors (Lipinski definition) is 6. The van der Waals surface area contributed by atoms with Crippen molar-refractivity contribution < 1.29 is 28.6 Å². The Labute approximate surface area is 277 Å². The highest BCUT2D eigenvalue weighted by Gasteiger charge is 2.37. The van der Waals surface area contributed by atoms with E-state index in [1.54, 1.807) is 36.4 Å². The Kier molecular flexibility index (Phi) is 10.0. The van der Waals surface area contributed by atoms with Gasteiger partial charge in [0.15, 0.2) is 11.5 Å². The van der Waals surface area contributed by atoms with E-state index in [1.165, 1.54) is 6.08 Å². The molecule has 10 heteroatoms. The minimum absolute atomic E-state index is 0.188. The van der Waals surface area contributed by atoms with E-state index in [0.717, 1.165) is 29.6 Å². The van der Waals surface area contributed by atoms with Gasteiger partial charge in [-0.1, -0.05) is 57.9 Å². The van der Waals surface area contributed by atoms with Crippen LogP contribution in [0, 0.1) is 10.5 Å². The summed E-state index contributed by atoms with van der Waals surface area (Å²) < 4.78 is 19.5. The summed E-state index contributed by atoms with van der Waals surface area (Å²) >= 11 is 5.55. The number of barbiturate groups is 1. The fourth-order valence-electron chi connectivity index (χ4n) is 4.41. The van der Waals surface area contributed by atoms with Crippen LogP contribution in [0.4, 0.5) is 10.5 Å². The molecule has 8 nitrogen and oxygen atoms in total. The number of nitrogens with one attached hydrogen (secondary N) is 1. The van der Waals surface area contributed by atoms with Crippen LogP contribution in [-0.4, -0.2) is 24.5 Å². The molecule has 0 unspecified atom stereocenters. The van der Waals surface area contributed by atoms with E-state index in [-0.39, 0.29) is 5.57 Å². The number of carbonyl (C=O) groups is 3. The van der Waals surface area contributed by atoms with Crippen molar-refractivity contribution >= 4 is 68.1 Å². The molecule has 1 fully saturated rings. The first-order chi connectivity index (χ1) is 21.2. The number of nitrogens with zero attached hydrogens (tertiary/aromatic N) is 1. The van der Waals surface area contributed by atoms with Crippen LogP contribution in [0.3, 0.4) is 0 Å². The zero-order valence-electron chi connectivity index (χ0n) is 23.9. The smallest absolute Gasteiger partial charge is 0.335 e. The number of urea groups is 1. The van der Waals surface area contributed by atoms with E-state index in [9.17, 15) is 14.4 Å². The van der Waals surface area contributed by atoms with Gasteiger partial charge in [0.1, 0.15) is 24.5 Å². The molecule has 224 valence electrons. The third-order valence-electron chi connectivity index (χ3n) is 6.66. The second kappa shape index (κ2) is 14.1. The van der Waals surface area contributed by atoms with Crippen molar-refractivity contribution in [3.8, 4) is 17.2 Å². The largest absolute Gasteiger partial charge is 0.490 e. The lowest BCUT2D eigenvalue weighted by molar-refractivity contribution is -0.122. The molecule has 1 heterocycles. The van der Waals surface area contributed by atoms with Crippen molar-refractivity contribution in [3.05, 3.63) is 121 Å². The predicted molar refractivity (Wildman–Crippen MR) is 180 cm³/mol. The van der Waals surface area contributed by atoms with Crippen molar-refractivity contribution in [2.24, 2.45) is 0 Å². The number of amides is 4. The van der Waals surface area contributed by atoms with Gasteiger partial charge in [0.25, 0.3) is 11.8 Å². The van der Waals surface area contributed by atoms with Gasteiger partial charge in [-0.3, -0.25) is 14.9 Å². The van der Waals surface area contributed by atoms with Gasteiger partial charge in [-0.25, -0.2) is 9.69 Å². The molecule has 1 aliphatic heterocycles. The van der Waals surface area contributed by atoms with Gasteiger partial charge in [0.2, 0.25) is 0 Å². The maximum absolute atomic E-state index is 13.5. The number of imide groups is 2. The van der Waals surface area contributed by atoms with Crippen LogP contribution in [0.25, 0.3) is 6.08 Å². The Morgan fingerprint density at radius 2 is 1.48 bits per heavy atom. The van der Waals surface area contributed by atoms with Gasteiger partial charge >= 0.3 is 6.03 Å². The number of carbonyl (C=O) groups excluding carboxylic acids is 3. The summed E-state index contributed by atoms with van der Waals surface area (Å²) in [6, 6.07) is 25.0. The molecule has 0 aromatic heterocycles. The molecule has 0 bridgehead atoms. The molecule has 0 aliphatic carbocycles. The Balaban J connectivity index is 1.35. The van der Waals surface area contributed by atoms with Crippen molar-refractivity contribution in [1.29, 1.82) is 0 Å². The average molecular weight is 767 g/mol. The van der Waals surface area contributed by atoms with Crippen LogP contribution in [0.1, 0.15) is 29.2 Å². The van der Waals surface area contributed by atoms with E-state index in [4.69, 9.17) is 14.2 Å². The molecule has 1 N–H and O–H groups in total. The molecular weight excluding hydrogens is 739 g/mol. The van der Waals surface area contributed by atoms with Crippen molar-refractivity contribution in [2.45, 2.75) is 27.1 Å². The Bertz CT molecular complexity index is 1720. The van der Waals surface area contributed by atoms with Crippen LogP contribution in [0.5, 0.6) is 17.2 Å². The SMILES string of the molecule is CCOc1cc(/C=C2\C(=O)NC(=O)N(c3ccc(OCc4ccc(Br)cc4)cc3)C2=O)cc(I)c1OCc1ccc(C)cc1. The molecule has 4 aromatic carbocycles. The van der Waals surface area contributed by atoms with Gasteiger partial charge in [-0.2, -0.15) is 0 Å². The van der Waals surface area contributed by atoms with Crippen LogP contribution in [-0.2, 0) is 22.8 Å². The molecule has 0 atom stereocenters. The van der Waals surface area contributed by atoms with Gasteiger partial charge in [0, 0.05) is 4.47 Å². The summed E-state index contributed by atoms with van der Waals surface area (Å²) in [5.41, 5.74) is 3.82. The predicted octanol–water partition coefficient (Wildman–Crippen LogP) is 7.59. The molecule has 0 saturated carbocycles. The zero-order chi connectivity index (χ0) is 31.2. The maximum Gasteiger partial charge on any atom is 0.335 e.